The van der Waals surface area contributed by atoms with Crippen LogP contribution in [-0.4, -0.2) is 81.6 Å². The van der Waals surface area contributed by atoms with E-state index in [1.54, 1.807) is 6.92 Å². The molecule has 2 rings (SSSR count). The van der Waals surface area contributed by atoms with Crippen molar-refractivity contribution in [3.63, 3.8) is 0 Å². The molecule has 164 valence electrons. The summed E-state index contributed by atoms with van der Waals surface area (Å²) < 4.78 is 82.8. The van der Waals surface area contributed by atoms with Crippen molar-refractivity contribution in [1.82, 2.24) is 0 Å². The molecule has 9 nitrogen and oxygen atoms in total. The molecule has 2 heterocycles. The maximum atomic E-state index is 13.4. The smallest absolute Gasteiger partial charge is 0.402 e. The highest BCUT2D eigenvalue weighted by Crippen LogP contribution is 2.32. The van der Waals surface area contributed by atoms with E-state index in [1.165, 1.54) is 0 Å². The van der Waals surface area contributed by atoms with Gasteiger partial charge in [0.15, 0.2) is 6.61 Å². The van der Waals surface area contributed by atoms with Crippen LogP contribution in [0.25, 0.3) is 0 Å². The fourth-order valence-corrected chi connectivity index (χ4v) is 2.43. The normalized spacial score (nSPS) is 29.2. The lowest BCUT2D eigenvalue weighted by atomic mass is 9.87. The molecule has 2 fully saturated rings. The molecule has 1 N–H and O–H groups in total. The summed E-state index contributed by atoms with van der Waals surface area (Å²) in [6.07, 6.45) is 0.123. The zero-order valence-electron chi connectivity index (χ0n) is 16.0. The van der Waals surface area contributed by atoms with Gasteiger partial charge in [-0.3, -0.25) is 9.35 Å². The van der Waals surface area contributed by atoms with Crippen molar-refractivity contribution in [2.75, 3.05) is 46.2 Å². The minimum atomic E-state index is -5.71. The monoisotopic (exact) mass is 432 g/mol. The van der Waals surface area contributed by atoms with Gasteiger partial charge in [-0.05, 0) is 20.3 Å². The number of epoxide rings is 2. The Labute approximate surface area is 162 Å². The molecular formula is C16H26F2O9S. The number of ether oxygens (including phenoxy) is 5. The maximum Gasteiger partial charge on any atom is 0.402 e. The molecule has 0 aliphatic carbocycles. The zero-order valence-corrected chi connectivity index (χ0v) is 16.9. The Morgan fingerprint density at radius 3 is 1.82 bits per heavy atom. The van der Waals surface area contributed by atoms with Gasteiger partial charge in [0.05, 0.1) is 39.6 Å². The van der Waals surface area contributed by atoms with E-state index < -0.39 is 44.6 Å². The van der Waals surface area contributed by atoms with Gasteiger partial charge < -0.3 is 23.7 Å². The van der Waals surface area contributed by atoms with Crippen LogP contribution in [0.15, 0.2) is 0 Å². The molecule has 2 saturated heterocycles. The van der Waals surface area contributed by atoms with Crippen LogP contribution in [0.3, 0.4) is 0 Å². The number of carbonyl (C=O) groups excluding carboxylic acids is 1. The molecular weight excluding hydrogens is 406 g/mol. The van der Waals surface area contributed by atoms with E-state index in [0.717, 1.165) is 0 Å². The van der Waals surface area contributed by atoms with Crippen molar-refractivity contribution in [2.45, 2.75) is 43.6 Å². The SMILES string of the molecule is CCC(COCC1(C)CO1)(COCC1(C)CO1)C(=O)OCC(F)(F)S(=O)(=O)O. The maximum absolute atomic E-state index is 13.4. The molecule has 0 radical (unpaired) electrons. The van der Waals surface area contributed by atoms with Gasteiger partial charge in [-0.2, -0.15) is 17.2 Å². The summed E-state index contributed by atoms with van der Waals surface area (Å²) in [7, 11) is -5.71. The quantitative estimate of drug-likeness (QED) is 0.258. The summed E-state index contributed by atoms with van der Waals surface area (Å²) in [5.74, 6) is -1.11. The molecule has 2 atom stereocenters. The van der Waals surface area contributed by atoms with E-state index in [-0.39, 0.29) is 32.8 Å². The van der Waals surface area contributed by atoms with Crippen molar-refractivity contribution in [1.29, 1.82) is 0 Å². The number of hydrogen-bond acceptors (Lipinski definition) is 8. The fraction of sp³-hybridized carbons (Fsp3) is 0.938. The van der Waals surface area contributed by atoms with E-state index in [9.17, 15) is 22.0 Å². The highest BCUT2D eigenvalue weighted by Gasteiger charge is 2.49. The van der Waals surface area contributed by atoms with Crippen molar-refractivity contribution >= 4 is 16.1 Å². The van der Waals surface area contributed by atoms with Crippen molar-refractivity contribution in [3.8, 4) is 0 Å². The third-order valence-corrected chi connectivity index (χ3v) is 5.58. The molecule has 0 aromatic rings. The van der Waals surface area contributed by atoms with E-state index in [4.69, 9.17) is 23.5 Å². The van der Waals surface area contributed by atoms with Crippen LogP contribution in [0.5, 0.6) is 0 Å². The highest BCUT2D eigenvalue weighted by atomic mass is 32.2. The second-order valence-electron chi connectivity index (χ2n) is 7.79. The lowest BCUT2D eigenvalue weighted by Crippen LogP contribution is -2.45. The molecule has 0 spiro atoms. The van der Waals surface area contributed by atoms with Crippen LogP contribution in [-0.2, 0) is 38.6 Å². The van der Waals surface area contributed by atoms with Crippen LogP contribution in [0.4, 0.5) is 8.78 Å². The topological polar surface area (TPSA) is 124 Å². The first-order valence-electron chi connectivity index (χ1n) is 8.72. The molecule has 28 heavy (non-hydrogen) atoms. The second-order valence-corrected chi connectivity index (χ2v) is 9.33. The van der Waals surface area contributed by atoms with Gasteiger partial charge in [0, 0.05) is 0 Å². The molecule has 2 aliphatic heterocycles. The van der Waals surface area contributed by atoms with Gasteiger partial charge >= 0.3 is 21.3 Å². The Morgan fingerprint density at radius 2 is 1.50 bits per heavy atom. The van der Waals surface area contributed by atoms with Gasteiger partial charge in [0.1, 0.15) is 16.6 Å². The van der Waals surface area contributed by atoms with Crippen LogP contribution >= 0.6 is 0 Å². The predicted octanol–water partition coefficient (Wildman–Crippen LogP) is 1.02. The third-order valence-electron chi connectivity index (χ3n) is 4.70. The Hall–Kier alpha value is -0.920. The van der Waals surface area contributed by atoms with Crippen molar-refractivity contribution in [3.05, 3.63) is 0 Å². The first-order chi connectivity index (χ1) is 12.8. The number of carbonyl (C=O) groups is 1. The average Bonchev–Trinajstić information content (AvgIpc) is 3.50. The molecule has 0 saturated carbocycles. The van der Waals surface area contributed by atoms with E-state index in [1.807, 2.05) is 13.8 Å². The molecule has 2 unspecified atom stereocenters. The zero-order chi connectivity index (χ0) is 21.3. The standard InChI is InChI=1S/C16H26F2O9S/c1-4-15(9-23-5-13(2)7-26-13,10-24-6-14(3)8-27-14)12(19)25-11-16(17,18)28(20,21)22/h4-11H2,1-3H3,(H,20,21,22). The fourth-order valence-electron chi connectivity index (χ4n) is 2.22. The number of esters is 1. The Balaban J connectivity index is 2.01. The van der Waals surface area contributed by atoms with Gasteiger partial charge in [-0.25, -0.2) is 0 Å². The molecule has 0 amide bonds. The van der Waals surface area contributed by atoms with Crippen LogP contribution in [0.1, 0.15) is 27.2 Å². The number of halogens is 2. The number of alkyl halides is 2. The summed E-state index contributed by atoms with van der Waals surface area (Å²) in [6.45, 7) is 4.42. The average molecular weight is 432 g/mol. The minimum absolute atomic E-state index is 0.123. The molecule has 0 aromatic heterocycles. The first kappa shape index (κ1) is 23.4. The summed E-state index contributed by atoms with van der Waals surface area (Å²) in [6, 6.07) is 0. The van der Waals surface area contributed by atoms with Crippen LogP contribution in [0.2, 0.25) is 0 Å². The second kappa shape index (κ2) is 8.07. The first-order valence-corrected chi connectivity index (χ1v) is 10.2. The van der Waals surface area contributed by atoms with E-state index >= 15 is 0 Å². The lowest BCUT2D eigenvalue weighted by molar-refractivity contribution is -0.172. The van der Waals surface area contributed by atoms with Gasteiger partial charge in [0.25, 0.3) is 0 Å². The van der Waals surface area contributed by atoms with Crippen molar-refractivity contribution in [2.24, 2.45) is 5.41 Å². The van der Waals surface area contributed by atoms with E-state index in [2.05, 4.69) is 4.74 Å². The molecule has 0 aromatic carbocycles. The van der Waals surface area contributed by atoms with Crippen LogP contribution in [0, 0.1) is 5.41 Å². The summed E-state index contributed by atoms with van der Waals surface area (Å²) >= 11 is 0. The van der Waals surface area contributed by atoms with Crippen molar-refractivity contribution < 1.29 is 50.2 Å². The van der Waals surface area contributed by atoms with Gasteiger partial charge in [0.2, 0.25) is 0 Å². The third kappa shape index (κ3) is 6.04. The Bertz CT molecular complexity index is 648. The largest absolute Gasteiger partial charge is 0.457 e. The van der Waals surface area contributed by atoms with E-state index in [0.29, 0.717) is 13.2 Å². The van der Waals surface area contributed by atoms with Gasteiger partial charge in [-0.1, -0.05) is 6.92 Å². The summed E-state index contributed by atoms with van der Waals surface area (Å²) in [5.41, 5.74) is -2.33. The Kier molecular flexibility index (Phi) is 6.73. The Morgan fingerprint density at radius 1 is 1.07 bits per heavy atom. The van der Waals surface area contributed by atoms with Crippen LogP contribution < -0.4 is 0 Å². The summed E-state index contributed by atoms with van der Waals surface area (Å²) in [5, 5.41) is -4.62. The predicted molar refractivity (Wildman–Crippen MR) is 90.5 cm³/mol. The highest BCUT2D eigenvalue weighted by molar-refractivity contribution is 7.86. The number of hydrogen-bond donors (Lipinski definition) is 1. The summed E-state index contributed by atoms with van der Waals surface area (Å²) in [4.78, 5) is 12.6. The minimum Gasteiger partial charge on any atom is -0.457 e. The lowest BCUT2D eigenvalue weighted by Gasteiger charge is -2.31. The number of rotatable bonds is 13. The molecule has 0 bridgehead atoms. The van der Waals surface area contributed by atoms with Gasteiger partial charge in [-0.15, -0.1) is 0 Å². The molecule has 12 heteroatoms. The molecule has 2 aliphatic rings.